The average Bonchev–Trinajstić information content (AvgIpc) is 2.70. The fourth-order valence-electron chi connectivity index (χ4n) is 2.95. The summed E-state index contributed by atoms with van der Waals surface area (Å²) in [6.45, 7) is 3.72. The third-order valence-corrected chi connectivity index (χ3v) is 5.73. The number of nitrogens with one attached hydrogen (secondary N) is 1. The lowest BCUT2D eigenvalue weighted by Crippen LogP contribution is -2.24. The number of alkyl halides is 3. The van der Waals surface area contributed by atoms with Crippen LogP contribution in [0.15, 0.2) is 40.4 Å². The quantitative estimate of drug-likeness (QED) is 0.152. The molecule has 3 aromatic rings. The number of rotatable bonds is 7. The van der Waals surface area contributed by atoms with Gasteiger partial charge in [0.15, 0.2) is 5.16 Å². The van der Waals surface area contributed by atoms with Crippen LogP contribution in [0.3, 0.4) is 0 Å². The van der Waals surface area contributed by atoms with Crippen molar-refractivity contribution >= 4 is 40.4 Å². The highest BCUT2D eigenvalue weighted by molar-refractivity contribution is 8.00. The Morgan fingerprint density at radius 2 is 1.97 bits per heavy atom. The summed E-state index contributed by atoms with van der Waals surface area (Å²) in [5, 5.41) is 1.19. The Hall–Kier alpha value is -2.27. The smallest absolute Gasteiger partial charge is 0.327 e. The Kier molecular flexibility index (Phi) is 7.15. The van der Waals surface area contributed by atoms with Crippen LogP contribution in [0, 0.1) is 5.82 Å². The van der Waals surface area contributed by atoms with E-state index in [4.69, 9.17) is 0 Å². The summed E-state index contributed by atoms with van der Waals surface area (Å²) in [7, 11) is 0. The minimum Gasteiger partial charge on any atom is -0.327 e. The van der Waals surface area contributed by atoms with Gasteiger partial charge in [0.05, 0.1) is 12.1 Å². The Morgan fingerprint density at radius 1 is 1.23 bits per heavy atom. The zero-order chi connectivity index (χ0) is 22.8. The van der Waals surface area contributed by atoms with Crippen LogP contribution in [0.1, 0.15) is 26.3 Å². The summed E-state index contributed by atoms with van der Waals surface area (Å²) in [6.07, 6.45) is -1.77. The molecule has 0 aliphatic rings. The number of aromatic nitrogens is 3. The lowest BCUT2D eigenvalue weighted by Gasteiger charge is -2.16. The molecule has 166 valence electrons. The van der Waals surface area contributed by atoms with Gasteiger partial charge < -0.3 is 4.72 Å². The van der Waals surface area contributed by atoms with Crippen LogP contribution < -0.4 is 10.3 Å². The van der Waals surface area contributed by atoms with Gasteiger partial charge in [-0.25, -0.2) is 14.4 Å². The summed E-state index contributed by atoms with van der Waals surface area (Å²) in [6, 6.07) is 5.59. The van der Waals surface area contributed by atoms with E-state index in [-0.39, 0.29) is 28.6 Å². The summed E-state index contributed by atoms with van der Waals surface area (Å²) in [5.41, 5.74) is 0.889. The second-order valence-corrected chi connectivity index (χ2v) is 8.65. The SMILES string of the molecule is CSc1ncc2cc(-c3ccc(NSCCC(F)(F)F)c(F)c3)c(=O)n(C(C)C)c2n1. The van der Waals surface area contributed by atoms with E-state index in [0.717, 1.165) is 11.9 Å². The molecule has 0 amide bonds. The number of hydrogen-bond donors (Lipinski definition) is 1. The van der Waals surface area contributed by atoms with Crippen LogP contribution in [0.5, 0.6) is 0 Å². The van der Waals surface area contributed by atoms with Gasteiger partial charge in [-0.15, -0.1) is 0 Å². The van der Waals surface area contributed by atoms with Crippen LogP contribution in [-0.4, -0.2) is 32.7 Å². The third-order valence-electron chi connectivity index (χ3n) is 4.40. The molecule has 3 rings (SSSR count). The van der Waals surface area contributed by atoms with Crippen molar-refractivity contribution < 1.29 is 17.6 Å². The van der Waals surface area contributed by atoms with Crippen LogP contribution in [-0.2, 0) is 0 Å². The fraction of sp³-hybridized carbons (Fsp3) is 0.350. The molecule has 0 aliphatic carbocycles. The maximum atomic E-state index is 14.6. The number of hydrogen-bond acceptors (Lipinski definition) is 6. The standard InChI is InChI=1S/C20H20F4N4OS2/c1-11(2)28-17-13(10-25-19(26-17)30-3)8-14(18(28)29)12-4-5-16(15(21)9-12)27-31-7-6-20(22,23)24/h4-5,8-11,27H,6-7H2,1-3H3. The molecule has 0 unspecified atom stereocenters. The molecule has 2 heterocycles. The van der Waals surface area contributed by atoms with Gasteiger partial charge >= 0.3 is 6.18 Å². The Morgan fingerprint density at radius 3 is 2.58 bits per heavy atom. The van der Waals surface area contributed by atoms with Gasteiger partial charge in [-0.1, -0.05) is 29.8 Å². The van der Waals surface area contributed by atoms with Gasteiger partial charge in [0.1, 0.15) is 11.5 Å². The van der Waals surface area contributed by atoms with Crippen molar-refractivity contribution in [2.75, 3.05) is 16.7 Å². The first-order chi connectivity index (χ1) is 14.6. The highest BCUT2D eigenvalue weighted by atomic mass is 32.2. The molecular weight excluding hydrogens is 452 g/mol. The van der Waals surface area contributed by atoms with Gasteiger partial charge in [0, 0.05) is 28.9 Å². The van der Waals surface area contributed by atoms with E-state index in [0.29, 0.717) is 21.8 Å². The fourth-order valence-corrected chi connectivity index (χ4v) is 4.04. The van der Waals surface area contributed by atoms with E-state index in [1.807, 2.05) is 20.1 Å². The number of fused-ring (bicyclic) bond motifs is 1. The molecule has 0 spiro atoms. The van der Waals surface area contributed by atoms with Crippen molar-refractivity contribution in [2.45, 2.75) is 37.6 Å². The first-order valence-corrected chi connectivity index (χ1v) is 11.5. The number of anilines is 1. The number of benzene rings is 1. The van der Waals surface area contributed by atoms with Crippen molar-refractivity contribution in [1.82, 2.24) is 14.5 Å². The van der Waals surface area contributed by atoms with Crippen molar-refractivity contribution in [3.63, 3.8) is 0 Å². The average molecular weight is 473 g/mol. The lowest BCUT2D eigenvalue weighted by molar-refractivity contribution is -0.129. The van der Waals surface area contributed by atoms with E-state index in [1.54, 1.807) is 22.9 Å². The molecule has 0 saturated heterocycles. The second-order valence-electron chi connectivity index (χ2n) is 6.97. The largest absolute Gasteiger partial charge is 0.389 e. The maximum Gasteiger partial charge on any atom is 0.389 e. The van der Waals surface area contributed by atoms with Gasteiger partial charge in [-0.3, -0.25) is 9.36 Å². The zero-order valence-electron chi connectivity index (χ0n) is 17.0. The second kappa shape index (κ2) is 9.47. The topological polar surface area (TPSA) is 59.8 Å². The van der Waals surface area contributed by atoms with Gasteiger partial charge in [0.25, 0.3) is 5.56 Å². The highest BCUT2D eigenvalue weighted by Crippen LogP contribution is 2.28. The van der Waals surface area contributed by atoms with Crippen molar-refractivity contribution in [3.8, 4) is 11.1 Å². The molecule has 0 bridgehead atoms. The van der Waals surface area contributed by atoms with Crippen molar-refractivity contribution in [2.24, 2.45) is 0 Å². The molecular formula is C20H20F4N4OS2. The van der Waals surface area contributed by atoms with Gasteiger partial charge in [-0.05, 0) is 43.9 Å². The highest BCUT2D eigenvalue weighted by Gasteiger charge is 2.26. The normalized spacial score (nSPS) is 12.0. The molecule has 1 N–H and O–H groups in total. The van der Waals surface area contributed by atoms with E-state index >= 15 is 0 Å². The molecule has 0 radical (unpaired) electrons. The van der Waals surface area contributed by atoms with Crippen molar-refractivity contribution in [1.29, 1.82) is 0 Å². The predicted octanol–water partition coefficient (Wildman–Crippen LogP) is 5.91. The molecule has 11 heteroatoms. The number of halogens is 4. The molecule has 5 nitrogen and oxygen atoms in total. The molecule has 0 aliphatic heterocycles. The Balaban J connectivity index is 1.95. The molecule has 0 atom stereocenters. The summed E-state index contributed by atoms with van der Waals surface area (Å²) < 4.78 is 55.4. The van der Waals surface area contributed by atoms with Crippen molar-refractivity contribution in [3.05, 3.63) is 46.6 Å². The minimum absolute atomic E-state index is 0.0499. The Bertz CT molecular complexity index is 1150. The van der Waals surface area contributed by atoms with E-state index in [2.05, 4.69) is 14.7 Å². The van der Waals surface area contributed by atoms with Gasteiger partial charge in [-0.2, -0.15) is 13.2 Å². The molecule has 0 saturated carbocycles. The molecule has 0 fully saturated rings. The lowest BCUT2D eigenvalue weighted by atomic mass is 10.0. The van der Waals surface area contributed by atoms with E-state index in [1.165, 1.54) is 23.9 Å². The number of thioether (sulfide) groups is 1. The molecule has 31 heavy (non-hydrogen) atoms. The first-order valence-electron chi connectivity index (χ1n) is 9.31. The van der Waals surface area contributed by atoms with E-state index in [9.17, 15) is 22.4 Å². The predicted molar refractivity (Wildman–Crippen MR) is 118 cm³/mol. The van der Waals surface area contributed by atoms with Crippen LogP contribution >= 0.6 is 23.7 Å². The van der Waals surface area contributed by atoms with Gasteiger partial charge in [0.2, 0.25) is 0 Å². The Labute approximate surface area is 184 Å². The molecule has 1 aromatic carbocycles. The van der Waals surface area contributed by atoms with E-state index < -0.39 is 18.4 Å². The summed E-state index contributed by atoms with van der Waals surface area (Å²) in [5.74, 6) is -0.909. The van der Waals surface area contributed by atoms with Crippen LogP contribution in [0.25, 0.3) is 22.2 Å². The summed E-state index contributed by atoms with van der Waals surface area (Å²) in [4.78, 5) is 21.9. The number of nitrogens with zero attached hydrogens (tertiary/aromatic N) is 3. The number of pyridine rings is 1. The molecule has 2 aromatic heterocycles. The minimum atomic E-state index is -4.26. The maximum absolute atomic E-state index is 14.6. The third kappa shape index (κ3) is 5.51. The first kappa shape index (κ1) is 23.4. The zero-order valence-corrected chi connectivity index (χ0v) is 18.6. The van der Waals surface area contributed by atoms with Crippen LogP contribution in [0.2, 0.25) is 0 Å². The van der Waals surface area contributed by atoms with Crippen LogP contribution in [0.4, 0.5) is 23.2 Å². The summed E-state index contributed by atoms with van der Waals surface area (Å²) >= 11 is 2.13. The monoisotopic (exact) mass is 472 g/mol.